The summed E-state index contributed by atoms with van der Waals surface area (Å²) in [6.45, 7) is 1.86. The maximum absolute atomic E-state index is 14.3. The van der Waals surface area contributed by atoms with Crippen molar-refractivity contribution < 1.29 is 17.6 Å². The molecule has 1 aromatic heterocycles. The molecule has 0 radical (unpaired) electrons. The molecule has 0 atom stereocenters. The molecule has 3 aromatic rings. The summed E-state index contributed by atoms with van der Waals surface area (Å²) in [5, 5.41) is 0.521. The van der Waals surface area contributed by atoms with Crippen LogP contribution >= 0.6 is 0 Å². The lowest BCUT2D eigenvalue weighted by Crippen LogP contribution is -2.00. The Kier molecular flexibility index (Phi) is 4.78. The highest BCUT2D eigenvalue weighted by Crippen LogP contribution is 2.35. The van der Waals surface area contributed by atoms with Gasteiger partial charge >= 0.3 is 0 Å². The predicted molar refractivity (Wildman–Crippen MR) is 87.5 cm³/mol. The van der Waals surface area contributed by atoms with E-state index in [1.54, 1.807) is 0 Å². The maximum atomic E-state index is 14.3. The lowest BCUT2D eigenvalue weighted by atomic mass is 9.97. The molecule has 126 valence electrons. The van der Waals surface area contributed by atoms with E-state index in [9.17, 15) is 17.6 Å². The first-order valence-corrected chi connectivity index (χ1v) is 6.94. The summed E-state index contributed by atoms with van der Waals surface area (Å²) in [7, 11) is 0. The summed E-state index contributed by atoms with van der Waals surface area (Å²) < 4.78 is 55.3. The van der Waals surface area contributed by atoms with Gasteiger partial charge in [-0.2, -0.15) is 0 Å². The monoisotopic (exact) mass is 336 g/mol. The molecule has 0 saturated carbocycles. The first-order chi connectivity index (χ1) is 10.9. The molecular weight excluding hydrogens is 320 g/mol. The van der Waals surface area contributed by atoms with Crippen LogP contribution in [0.4, 0.5) is 23.2 Å². The Labute approximate surface area is 136 Å². The summed E-state index contributed by atoms with van der Waals surface area (Å²) in [6.07, 6.45) is 1.88. The fourth-order valence-corrected chi connectivity index (χ4v) is 2.70. The minimum absolute atomic E-state index is 0. The number of aryl methyl sites for hydroxylation is 1. The number of halogens is 4. The number of nitrogen functional groups attached to an aromatic ring is 1. The van der Waals surface area contributed by atoms with E-state index >= 15 is 0 Å². The first kappa shape index (κ1) is 17.7. The number of hydrogen-bond acceptors (Lipinski definition) is 2. The van der Waals surface area contributed by atoms with Crippen LogP contribution in [-0.4, -0.2) is 4.98 Å². The molecule has 0 bridgehead atoms. The van der Waals surface area contributed by atoms with Crippen LogP contribution in [0.5, 0.6) is 0 Å². The lowest BCUT2D eigenvalue weighted by molar-refractivity contribution is 0.497. The van der Waals surface area contributed by atoms with E-state index in [0.717, 1.165) is 12.1 Å². The van der Waals surface area contributed by atoms with Crippen LogP contribution < -0.4 is 5.73 Å². The summed E-state index contributed by atoms with van der Waals surface area (Å²) in [5.74, 6) is -4.53. The fourth-order valence-electron chi connectivity index (χ4n) is 2.70. The Morgan fingerprint density at radius 2 is 1.75 bits per heavy atom. The van der Waals surface area contributed by atoms with Crippen LogP contribution in [0.3, 0.4) is 0 Å². The second-order valence-electron chi connectivity index (χ2n) is 5.11. The van der Waals surface area contributed by atoms with Crippen molar-refractivity contribution in [2.24, 2.45) is 0 Å². The second kappa shape index (κ2) is 6.47. The van der Waals surface area contributed by atoms with Crippen molar-refractivity contribution in [3.63, 3.8) is 0 Å². The minimum atomic E-state index is -1.39. The molecule has 0 fully saturated rings. The van der Waals surface area contributed by atoms with Gasteiger partial charge in [0.1, 0.15) is 11.6 Å². The minimum Gasteiger partial charge on any atom is -0.397 e. The average molecular weight is 336 g/mol. The molecule has 0 amide bonds. The largest absolute Gasteiger partial charge is 0.397 e. The maximum Gasteiger partial charge on any atom is 0.167 e. The van der Waals surface area contributed by atoms with Gasteiger partial charge in [0.15, 0.2) is 11.6 Å². The molecule has 0 spiro atoms. The van der Waals surface area contributed by atoms with E-state index < -0.39 is 28.8 Å². The van der Waals surface area contributed by atoms with Gasteiger partial charge in [0, 0.05) is 22.6 Å². The van der Waals surface area contributed by atoms with Crippen molar-refractivity contribution in [1.82, 2.24) is 4.98 Å². The predicted octanol–water partition coefficient (Wildman–Crippen LogP) is 5.24. The molecule has 1 heterocycles. The van der Waals surface area contributed by atoms with Crippen molar-refractivity contribution in [3.8, 4) is 11.1 Å². The number of nitrogens with zero attached hydrogens (tertiary/aromatic N) is 1. The van der Waals surface area contributed by atoms with Gasteiger partial charge in [-0.15, -0.1) is 0 Å². The summed E-state index contributed by atoms with van der Waals surface area (Å²) >= 11 is 0. The molecule has 24 heavy (non-hydrogen) atoms. The van der Waals surface area contributed by atoms with Crippen molar-refractivity contribution in [2.45, 2.75) is 20.8 Å². The zero-order valence-corrected chi connectivity index (χ0v) is 12.1. The molecule has 2 aromatic carbocycles. The van der Waals surface area contributed by atoms with Gasteiger partial charge in [-0.25, -0.2) is 17.6 Å². The van der Waals surface area contributed by atoms with Crippen molar-refractivity contribution in [1.29, 1.82) is 0 Å². The van der Waals surface area contributed by atoms with E-state index in [4.69, 9.17) is 5.73 Å². The highest BCUT2D eigenvalue weighted by atomic mass is 19.2. The smallest absolute Gasteiger partial charge is 0.167 e. The Hall–Kier alpha value is -2.63. The summed E-state index contributed by atoms with van der Waals surface area (Å²) in [6, 6.07) is 3.74. The second-order valence-corrected chi connectivity index (χ2v) is 5.11. The zero-order chi connectivity index (χ0) is 16.7. The number of nitrogens with two attached hydrogens (primary N) is 1. The van der Waals surface area contributed by atoms with E-state index in [-0.39, 0.29) is 18.5 Å². The van der Waals surface area contributed by atoms with Crippen LogP contribution in [0.15, 0.2) is 30.5 Å². The molecule has 2 N–H and O–H groups in total. The summed E-state index contributed by atoms with van der Waals surface area (Å²) in [5.41, 5.74) is 6.31. The molecule has 0 unspecified atom stereocenters. The summed E-state index contributed by atoms with van der Waals surface area (Å²) in [4.78, 5) is 4.05. The molecule has 2 nitrogen and oxygen atoms in total. The number of fused-ring (bicyclic) bond motifs is 1. The van der Waals surface area contributed by atoms with Gasteiger partial charge in [-0.1, -0.05) is 14.4 Å². The number of pyridine rings is 1. The third-order valence-corrected chi connectivity index (χ3v) is 3.75. The van der Waals surface area contributed by atoms with E-state index in [1.165, 1.54) is 12.3 Å². The standard InChI is InChI=1S/C17H12F4N2.CH4/c1-2-9-10-3-4-12(19)15(17(10)23-7-14(9)22)11-5-8(18)6-13(20)16(11)21;/h3-7H,2,22H2,1H3;1H4. The van der Waals surface area contributed by atoms with E-state index in [1.807, 2.05) is 6.92 Å². The highest BCUT2D eigenvalue weighted by Gasteiger charge is 2.20. The average Bonchev–Trinajstić information content (AvgIpc) is 2.51. The third-order valence-electron chi connectivity index (χ3n) is 3.75. The number of anilines is 1. The molecule has 3 rings (SSSR count). The normalized spacial score (nSPS) is 10.7. The van der Waals surface area contributed by atoms with Gasteiger partial charge in [0.05, 0.1) is 17.4 Å². The SMILES string of the molecule is C.CCc1c(N)cnc2c(-c3cc(F)cc(F)c3F)c(F)ccc12. The van der Waals surface area contributed by atoms with Crippen molar-refractivity contribution >= 4 is 16.6 Å². The lowest BCUT2D eigenvalue weighted by Gasteiger charge is -2.13. The van der Waals surface area contributed by atoms with Gasteiger partial charge in [0.2, 0.25) is 0 Å². The van der Waals surface area contributed by atoms with Crippen LogP contribution in [-0.2, 0) is 6.42 Å². The van der Waals surface area contributed by atoms with Crippen molar-refractivity contribution in [2.75, 3.05) is 5.73 Å². The van der Waals surface area contributed by atoms with Gasteiger partial charge in [-0.3, -0.25) is 4.98 Å². The topological polar surface area (TPSA) is 38.9 Å². The van der Waals surface area contributed by atoms with Crippen LogP contribution in [0.2, 0.25) is 0 Å². The third kappa shape index (κ3) is 2.68. The Morgan fingerprint density at radius 1 is 1.04 bits per heavy atom. The zero-order valence-electron chi connectivity index (χ0n) is 12.1. The Balaban J connectivity index is 0.00000208. The van der Waals surface area contributed by atoms with Gasteiger partial charge in [-0.05, 0) is 30.2 Å². The number of hydrogen-bond donors (Lipinski definition) is 1. The van der Waals surface area contributed by atoms with E-state index in [2.05, 4.69) is 4.98 Å². The molecule has 0 aliphatic rings. The number of aromatic nitrogens is 1. The fraction of sp³-hybridized carbons (Fsp3) is 0.167. The van der Waals surface area contributed by atoms with Gasteiger partial charge in [0.25, 0.3) is 0 Å². The molecule has 6 heteroatoms. The first-order valence-electron chi connectivity index (χ1n) is 6.94. The Morgan fingerprint density at radius 3 is 2.42 bits per heavy atom. The molecule has 0 saturated heterocycles. The van der Waals surface area contributed by atoms with Gasteiger partial charge < -0.3 is 5.73 Å². The quantitative estimate of drug-likeness (QED) is 0.513. The van der Waals surface area contributed by atoms with Crippen LogP contribution in [0.1, 0.15) is 19.9 Å². The number of rotatable bonds is 2. The van der Waals surface area contributed by atoms with Crippen LogP contribution in [0.25, 0.3) is 22.0 Å². The van der Waals surface area contributed by atoms with E-state index in [0.29, 0.717) is 29.1 Å². The van der Waals surface area contributed by atoms with Crippen molar-refractivity contribution in [3.05, 3.63) is 59.3 Å². The van der Waals surface area contributed by atoms with Crippen LogP contribution in [0, 0.1) is 23.3 Å². The Bertz CT molecular complexity index is 923. The molecule has 0 aliphatic carbocycles. The molecule has 0 aliphatic heterocycles. The highest BCUT2D eigenvalue weighted by molar-refractivity contribution is 5.97. The molecular formula is C18H16F4N2. The number of benzene rings is 2.